The van der Waals surface area contributed by atoms with Crippen LogP contribution in [0.25, 0.3) is 0 Å². The first-order valence-corrected chi connectivity index (χ1v) is 9.49. The van der Waals surface area contributed by atoms with Gasteiger partial charge in [0.05, 0.1) is 12.2 Å². The molecule has 0 saturated carbocycles. The fourth-order valence-electron chi connectivity index (χ4n) is 2.48. The predicted molar refractivity (Wildman–Crippen MR) is 110 cm³/mol. The van der Waals surface area contributed by atoms with Gasteiger partial charge in [-0.25, -0.2) is 0 Å². The third kappa shape index (κ3) is 7.78. The van der Waals surface area contributed by atoms with E-state index in [0.29, 0.717) is 50.2 Å². The van der Waals surface area contributed by atoms with Gasteiger partial charge in [-0.15, -0.1) is 0 Å². The number of carbonyl (C=O) groups is 1. The number of nitrogens with one attached hydrogen (secondary N) is 1. The van der Waals surface area contributed by atoms with Gasteiger partial charge < -0.3 is 40.2 Å². The lowest BCUT2D eigenvalue weighted by Gasteiger charge is -2.16. The normalized spacial score (nSPS) is 11.7. The van der Waals surface area contributed by atoms with Crippen LogP contribution in [0.5, 0.6) is 23.0 Å². The van der Waals surface area contributed by atoms with E-state index >= 15 is 0 Å². The van der Waals surface area contributed by atoms with Crippen LogP contribution in [-0.4, -0.2) is 68.9 Å². The minimum atomic E-state index is -0.732. The summed E-state index contributed by atoms with van der Waals surface area (Å²) in [5, 5.41) is 22.7. The van der Waals surface area contributed by atoms with Crippen LogP contribution < -0.4 is 25.3 Å². The van der Waals surface area contributed by atoms with Crippen molar-refractivity contribution in [1.82, 2.24) is 5.32 Å². The first-order valence-electron chi connectivity index (χ1n) is 9.49. The molecule has 0 aliphatic rings. The number of amides is 1. The third-order valence-electron chi connectivity index (χ3n) is 3.99. The standard InChI is InChI=1S/C21H28N2O7/c1-27-10-11-29-19-4-2-3-5-20(19)30-14-15(24)13-23-8-9-28-16-6-7-18(25)17(12-16)21(22)26/h2-7,12,15,23-25H,8-11,13-14H2,1H3,(H2,22,26). The lowest BCUT2D eigenvalue weighted by Crippen LogP contribution is -2.33. The number of benzene rings is 2. The van der Waals surface area contributed by atoms with Crippen molar-refractivity contribution in [2.75, 3.05) is 46.6 Å². The maximum atomic E-state index is 11.2. The third-order valence-corrected chi connectivity index (χ3v) is 3.99. The molecule has 1 amide bonds. The second-order valence-electron chi connectivity index (χ2n) is 6.35. The van der Waals surface area contributed by atoms with E-state index in [1.807, 2.05) is 12.1 Å². The quantitative estimate of drug-likeness (QED) is 0.332. The van der Waals surface area contributed by atoms with E-state index in [-0.39, 0.29) is 17.9 Å². The number of aromatic hydroxyl groups is 1. The molecule has 9 heteroatoms. The molecule has 1 unspecified atom stereocenters. The second-order valence-corrected chi connectivity index (χ2v) is 6.35. The Kier molecular flexibility index (Phi) is 9.72. The summed E-state index contributed by atoms with van der Waals surface area (Å²) in [6.45, 7) is 2.03. The lowest BCUT2D eigenvalue weighted by atomic mass is 10.2. The van der Waals surface area contributed by atoms with Crippen molar-refractivity contribution in [3.8, 4) is 23.0 Å². The molecule has 0 radical (unpaired) electrons. The molecule has 0 spiro atoms. The zero-order chi connectivity index (χ0) is 21.8. The fraction of sp³-hybridized carbons (Fsp3) is 0.381. The minimum absolute atomic E-state index is 0.000453. The van der Waals surface area contributed by atoms with Gasteiger partial charge in [0.2, 0.25) is 0 Å². The number of rotatable bonds is 14. The topological polar surface area (TPSA) is 132 Å². The van der Waals surface area contributed by atoms with Crippen molar-refractivity contribution in [2.24, 2.45) is 5.73 Å². The molecule has 0 heterocycles. The number of ether oxygens (including phenoxy) is 4. The Balaban J connectivity index is 1.67. The molecular weight excluding hydrogens is 392 g/mol. The Labute approximate surface area is 175 Å². The van der Waals surface area contributed by atoms with Gasteiger partial charge in [0.1, 0.15) is 37.4 Å². The number of para-hydroxylation sites is 2. The molecule has 164 valence electrons. The molecule has 2 rings (SSSR count). The summed E-state index contributed by atoms with van der Waals surface area (Å²) < 4.78 is 21.7. The van der Waals surface area contributed by atoms with Crippen LogP contribution in [0.1, 0.15) is 10.4 Å². The zero-order valence-electron chi connectivity index (χ0n) is 16.9. The average molecular weight is 420 g/mol. The molecule has 0 bridgehead atoms. The number of carbonyl (C=O) groups excluding carboxylic acids is 1. The molecule has 0 fully saturated rings. The van der Waals surface area contributed by atoms with Crippen LogP contribution in [0.3, 0.4) is 0 Å². The predicted octanol–water partition coefficient (Wildman–Crippen LogP) is 0.925. The summed E-state index contributed by atoms with van der Waals surface area (Å²) in [6.07, 6.45) is -0.729. The molecule has 30 heavy (non-hydrogen) atoms. The first-order chi connectivity index (χ1) is 14.5. The molecule has 0 aromatic heterocycles. The largest absolute Gasteiger partial charge is 0.507 e. The Morgan fingerprint density at radius 2 is 1.80 bits per heavy atom. The van der Waals surface area contributed by atoms with Crippen molar-refractivity contribution >= 4 is 5.91 Å². The van der Waals surface area contributed by atoms with Crippen LogP contribution in [0, 0.1) is 0 Å². The molecule has 0 saturated heterocycles. The summed E-state index contributed by atoms with van der Waals surface area (Å²) in [5.41, 5.74) is 5.18. The van der Waals surface area contributed by atoms with Crippen LogP contribution in [-0.2, 0) is 4.74 Å². The molecule has 2 aromatic carbocycles. The number of nitrogens with two attached hydrogens (primary N) is 1. The number of phenols is 1. The molecule has 0 aliphatic heterocycles. The molecule has 2 aromatic rings. The van der Waals surface area contributed by atoms with Gasteiger partial charge in [0.15, 0.2) is 11.5 Å². The monoisotopic (exact) mass is 420 g/mol. The highest BCUT2D eigenvalue weighted by Gasteiger charge is 2.10. The smallest absolute Gasteiger partial charge is 0.252 e. The summed E-state index contributed by atoms with van der Waals surface area (Å²) in [6, 6.07) is 11.5. The summed E-state index contributed by atoms with van der Waals surface area (Å²) in [7, 11) is 1.60. The van der Waals surface area contributed by atoms with E-state index in [9.17, 15) is 15.0 Å². The second kappa shape index (κ2) is 12.5. The number of hydrogen-bond donors (Lipinski definition) is 4. The van der Waals surface area contributed by atoms with E-state index in [1.165, 1.54) is 18.2 Å². The number of hydrogen-bond acceptors (Lipinski definition) is 8. The highest BCUT2D eigenvalue weighted by molar-refractivity contribution is 5.95. The Bertz CT molecular complexity index is 801. The van der Waals surface area contributed by atoms with Crippen molar-refractivity contribution in [2.45, 2.75) is 6.10 Å². The van der Waals surface area contributed by atoms with Crippen molar-refractivity contribution < 1.29 is 34.0 Å². The molecule has 0 aliphatic carbocycles. The lowest BCUT2D eigenvalue weighted by molar-refractivity contribution is 0.0995. The van der Waals surface area contributed by atoms with Crippen LogP contribution >= 0.6 is 0 Å². The summed E-state index contributed by atoms with van der Waals surface area (Å²) in [5.74, 6) is 0.630. The zero-order valence-corrected chi connectivity index (χ0v) is 16.9. The fourth-order valence-corrected chi connectivity index (χ4v) is 2.48. The maximum Gasteiger partial charge on any atom is 0.252 e. The molecule has 5 N–H and O–H groups in total. The van der Waals surface area contributed by atoms with Gasteiger partial charge in [-0.2, -0.15) is 0 Å². The highest BCUT2D eigenvalue weighted by atomic mass is 16.5. The van der Waals surface area contributed by atoms with Gasteiger partial charge in [0.25, 0.3) is 5.91 Å². The van der Waals surface area contributed by atoms with Gasteiger partial charge in [-0.05, 0) is 30.3 Å². The van der Waals surface area contributed by atoms with E-state index < -0.39 is 12.0 Å². The Morgan fingerprint density at radius 3 is 2.50 bits per heavy atom. The van der Waals surface area contributed by atoms with Crippen LogP contribution in [0.15, 0.2) is 42.5 Å². The van der Waals surface area contributed by atoms with Crippen molar-refractivity contribution in [3.05, 3.63) is 48.0 Å². The summed E-state index contributed by atoms with van der Waals surface area (Å²) in [4.78, 5) is 11.2. The first kappa shape index (κ1) is 23.3. The number of primary amides is 1. The average Bonchev–Trinajstić information content (AvgIpc) is 2.74. The number of methoxy groups -OCH3 is 1. The number of aliphatic hydroxyl groups excluding tert-OH is 1. The van der Waals surface area contributed by atoms with E-state index in [2.05, 4.69) is 5.32 Å². The van der Waals surface area contributed by atoms with Crippen molar-refractivity contribution in [3.63, 3.8) is 0 Å². The van der Waals surface area contributed by atoms with Crippen molar-refractivity contribution in [1.29, 1.82) is 0 Å². The van der Waals surface area contributed by atoms with E-state index in [0.717, 1.165) is 0 Å². The van der Waals surface area contributed by atoms with Gasteiger partial charge in [-0.1, -0.05) is 12.1 Å². The SMILES string of the molecule is COCCOc1ccccc1OCC(O)CNCCOc1ccc(O)c(C(N)=O)c1. The van der Waals surface area contributed by atoms with Crippen LogP contribution in [0.4, 0.5) is 0 Å². The summed E-state index contributed by atoms with van der Waals surface area (Å²) >= 11 is 0. The van der Waals surface area contributed by atoms with Crippen LogP contribution in [0.2, 0.25) is 0 Å². The molecule has 1 atom stereocenters. The Hall–Kier alpha value is -3.01. The highest BCUT2D eigenvalue weighted by Crippen LogP contribution is 2.26. The van der Waals surface area contributed by atoms with Gasteiger partial charge >= 0.3 is 0 Å². The van der Waals surface area contributed by atoms with E-state index in [1.54, 1.807) is 19.2 Å². The van der Waals surface area contributed by atoms with E-state index in [4.69, 9.17) is 24.7 Å². The number of aliphatic hydroxyl groups is 1. The van der Waals surface area contributed by atoms with Gasteiger partial charge in [0, 0.05) is 20.2 Å². The van der Waals surface area contributed by atoms with Gasteiger partial charge in [-0.3, -0.25) is 4.79 Å². The molecular formula is C21H28N2O7. The Morgan fingerprint density at radius 1 is 1.07 bits per heavy atom. The molecule has 9 nitrogen and oxygen atoms in total. The minimum Gasteiger partial charge on any atom is -0.507 e. The maximum absolute atomic E-state index is 11.2.